The van der Waals surface area contributed by atoms with Gasteiger partial charge in [-0.05, 0) is 11.4 Å². The van der Waals surface area contributed by atoms with Crippen molar-refractivity contribution in [2.24, 2.45) is 0 Å². The van der Waals surface area contributed by atoms with Crippen LogP contribution in [0.25, 0.3) is 5.57 Å². The van der Waals surface area contributed by atoms with E-state index in [2.05, 4.69) is 0 Å². The standard InChI is InChI=1S/C12H11NO3S2/c14-11-7-9-3-2-6-18(15,16)13(9)8-10(11)12-4-1-5-17-12/h1-5,8-9H,6-7H2. The van der Waals surface area contributed by atoms with E-state index in [4.69, 9.17) is 0 Å². The summed E-state index contributed by atoms with van der Waals surface area (Å²) in [6, 6.07) is 3.34. The molecule has 1 aromatic heterocycles. The molecule has 0 amide bonds. The number of hydrogen-bond donors (Lipinski definition) is 0. The molecular weight excluding hydrogens is 270 g/mol. The van der Waals surface area contributed by atoms with E-state index < -0.39 is 10.0 Å². The highest BCUT2D eigenvalue weighted by Gasteiger charge is 2.35. The summed E-state index contributed by atoms with van der Waals surface area (Å²) < 4.78 is 25.2. The first kappa shape index (κ1) is 11.7. The molecule has 0 fully saturated rings. The summed E-state index contributed by atoms with van der Waals surface area (Å²) in [7, 11) is -3.31. The van der Waals surface area contributed by atoms with Crippen molar-refractivity contribution < 1.29 is 13.2 Å². The van der Waals surface area contributed by atoms with Crippen LogP contribution in [0.4, 0.5) is 0 Å². The molecule has 0 bridgehead atoms. The largest absolute Gasteiger partial charge is 0.294 e. The number of rotatable bonds is 1. The molecule has 0 saturated carbocycles. The first-order valence-corrected chi connectivity index (χ1v) is 8.03. The molecular formula is C12H11NO3S2. The van der Waals surface area contributed by atoms with Crippen molar-refractivity contribution in [3.8, 4) is 0 Å². The van der Waals surface area contributed by atoms with Crippen LogP contribution in [0.15, 0.2) is 35.9 Å². The van der Waals surface area contributed by atoms with E-state index in [0.717, 1.165) is 4.88 Å². The highest BCUT2D eigenvalue weighted by Crippen LogP contribution is 2.31. The SMILES string of the molecule is O=C1CC2C=CCS(=O)(=O)N2C=C1c1cccs1. The summed E-state index contributed by atoms with van der Waals surface area (Å²) in [5.74, 6) is 0.00628. The molecule has 94 valence electrons. The Balaban J connectivity index is 2.10. The number of fused-ring (bicyclic) bond motifs is 1. The van der Waals surface area contributed by atoms with Gasteiger partial charge in [0.25, 0.3) is 0 Å². The van der Waals surface area contributed by atoms with Crippen molar-refractivity contribution in [3.05, 3.63) is 40.7 Å². The van der Waals surface area contributed by atoms with E-state index >= 15 is 0 Å². The minimum absolute atomic E-state index is 0.000417. The second-order valence-corrected chi connectivity index (χ2v) is 7.12. The highest BCUT2D eigenvalue weighted by molar-refractivity contribution is 7.89. The Labute approximate surface area is 109 Å². The number of nitrogens with zero attached hydrogens (tertiary/aromatic N) is 1. The summed E-state index contributed by atoms with van der Waals surface area (Å²) >= 11 is 1.44. The molecule has 1 atom stereocenters. The van der Waals surface area contributed by atoms with Gasteiger partial charge in [-0.3, -0.25) is 9.10 Å². The second kappa shape index (κ2) is 4.07. The van der Waals surface area contributed by atoms with Crippen LogP contribution in [0.2, 0.25) is 0 Å². The Morgan fingerprint density at radius 2 is 2.22 bits per heavy atom. The van der Waals surface area contributed by atoms with Gasteiger partial charge in [-0.25, -0.2) is 8.42 Å². The molecule has 6 heteroatoms. The lowest BCUT2D eigenvalue weighted by Gasteiger charge is -2.34. The van der Waals surface area contributed by atoms with E-state index in [1.165, 1.54) is 21.8 Å². The van der Waals surface area contributed by atoms with Gasteiger partial charge < -0.3 is 0 Å². The van der Waals surface area contributed by atoms with Crippen molar-refractivity contribution in [1.29, 1.82) is 0 Å². The van der Waals surface area contributed by atoms with Crippen molar-refractivity contribution in [2.45, 2.75) is 12.5 Å². The summed E-state index contributed by atoms with van der Waals surface area (Å²) in [6.45, 7) is 0. The molecule has 0 N–H and O–H groups in total. The average Bonchev–Trinajstić information content (AvgIpc) is 2.81. The number of sulfonamides is 1. The van der Waals surface area contributed by atoms with Crippen LogP contribution >= 0.6 is 11.3 Å². The van der Waals surface area contributed by atoms with Crippen LogP contribution in [-0.4, -0.2) is 30.3 Å². The second-order valence-electron chi connectivity index (χ2n) is 4.25. The molecule has 2 aliphatic rings. The maximum absolute atomic E-state index is 12.0. The summed E-state index contributed by atoms with van der Waals surface area (Å²) in [5, 5.41) is 1.88. The van der Waals surface area contributed by atoms with Gasteiger partial charge in [-0.2, -0.15) is 0 Å². The van der Waals surface area contributed by atoms with Gasteiger partial charge in [0.05, 0.1) is 17.4 Å². The molecule has 0 radical (unpaired) electrons. The first-order chi connectivity index (χ1) is 8.58. The van der Waals surface area contributed by atoms with Crippen LogP contribution in [0.1, 0.15) is 11.3 Å². The van der Waals surface area contributed by atoms with Gasteiger partial charge >= 0.3 is 0 Å². The minimum Gasteiger partial charge on any atom is -0.294 e. The number of ketones is 1. The third kappa shape index (κ3) is 1.81. The molecule has 0 spiro atoms. The van der Waals surface area contributed by atoms with Gasteiger partial charge in [0.2, 0.25) is 10.0 Å². The molecule has 18 heavy (non-hydrogen) atoms. The van der Waals surface area contributed by atoms with Crippen LogP contribution in [0, 0.1) is 0 Å². The molecule has 1 aromatic rings. The van der Waals surface area contributed by atoms with Crippen molar-refractivity contribution in [3.63, 3.8) is 0 Å². The summed E-state index contributed by atoms with van der Waals surface area (Å²) in [5.41, 5.74) is 0.500. The number of allylic oxidation sites excluding steroid dienone is 1. The highest BCUT2D eigenvalue weighted by atomic mass is 32.2. The Morgan fingerprint density at radius 1 is 1.39 bits per heavy atom. The molecule has 4 nitrogen and oxygen atoms in total. The fourth-order valence-electron chi connectivity index (χ4n) is 2.18. The summed E-state index contributed by atoms with van der Waals surface area (Å²) in [4.78, 5) is 12.9. The fraction of sp³-hybridized carbons (Fsp3) is 0.250. The summed E-state index contributed by atoms with van der Waals surface area (Å²) in [6.07, 6.45) is 5.12. The molecule has 3 rings (SSSR count). The van der Waals surface area contributed by atoms with E-state index in [1.54, 1.807) is 12.2 Å². The number of carbonyl (C=O) groups is 1. The third-order valence-electron chi connectivity index (χ3n) is 3.05. The molecule has 2 aliphatic heterocycles. The van der Waals surface area contributed by atoms with E-state index in [-0.39, 0.29) is 24.0 Å². The van der Waals surface area contributed by atoms with Gasteiger partial charge in [0, 0.05) is 17.5 Å². The van der Waals surface area contributed by atoms with E-state index in [9.17, 15) is 13.2 Å². The monoisotopic (exact) mass is 281 g/mol. The molecule has 0 saturated heterocycles. The Bertz CT molecular complexity index is 641. The Morgan fingerprint density at radius 3 is 2.94 bits per heavy atom. The zero-order valence-corrected chi connectivity index (χ0v) is 11.1. The number of carbonyl (C=O) groups excluding carboxylic acids is 1. The quantitative estimate of drug-likeness (QED) is 0.735. The molecule has 3 heterocycles. The van der Waals surface area contributed by atoms with E-state index in [1.807, 2.05) is 17.5 Å². The van der Waals surface area contributed by atoms with Gasteiger partial charge in [-0.15, -0.1) is 11.3 Å². The van der Waals surface area contributed by atoms with Crippen LogP contribution in [-0.2, 0) is 14.8 Å². The van der Waals surface area contributed by atoms with Gasteiger partial charge in [0.1, 0.15) is 0 Å². The Kier molecular flexibility index (Phi) is 2.64. The van der Waals surface area contributed by atoms with Crippen LogP contribution in [0.3, 0.4) is 0 Å². The molecule has 1 unspecified atom stereocenters. The normalized spacial score (nSPS) is 25.8. The van der Waals surface area contributed by atoms with Crippen molar-refractivity contribution >= 4 is 32.7 Å². The lowest BCUT2D eigenvalue weighted by Crippen LogP contribution is -2.43. The lowest BCUT2D eigenvalue weighted by molar-refractivity contribution is -0.114. The van der Waals surface area contributed by atoms with E-state index in [0.29, 0.717) is 5.57 Å². The van der Waals surface area contributed by atoms with Gasteiger partial charge in [0.15, 0.2) is 5.78 Å². The maximum atomic E-state index is 12.0. The average molecular weight is 281 g/mol. The zero-order valence-electron chi connectivity index (χ0n) is 9.44. The zero-order chi connectivity index (χ0) is 12.8. The molecule has 0 aliphatic carbocycles. The maximum Gasteiger partial charge on any atom is 0.238 e. The number of thiophene rings is 1. The smallest absolute Gasteiger partial charge is 0.238 e. The van der Waals surface area contributed by atoms with Crippen LogP contribution in [0.5, 0.6) is 0 Å². The number of Topliss-reactive ketones (excluding diaryl/α,β-unsaturated/α-hetero) is 1. The number of hydrogen-bond acceptors (Lipinski definition) is 4. The predicted molar refractivity (Wildman–Crippen MR) is 70.5 cm³/mol. The predicted octanol–water partition coefficient (Wildman–Crippen LogP) is 1.63. The minimum atomic E-state index is -3.31. The lowest BCUT2D eigenvalue weighted by atomic mass is 9.99. The molecule has 0 aromatic carbocycles. The van der Waals surface area contributed by atoms with Crippen molar-refractivity contribution in [1.82, 2.24) is 4.31 Å². The third-order valence-corrected chi connectivity index (χ3v) is 5.59. The fourth-order valence-corrected chi connectivity index (χ4v) is 4.28. The topological polar surface area (TPSA) is 54.5 Å². The van der Waals surface area contributed by atoms with Crippen molar-refractivity contribution in [2.75, 3.05) is 5.75 Å². The van der Waals surface area contributed by atoms with Gasteiger partial charge in [-0.1, -0.05) is 18.2 Å². The Hall–Kier alpha value is -1.40. The first-order valence-electron chi connectivity index (χ1n) is 5.55. The van der Waals surface area contributed by atoms with Crippen LogP contribution < -0.4 is 0 Å².